The second-order valence-electron chi connectivity index (χ2n) is 5.21. The Morgan fingerprint density at radius 1 is 1.44 bits per heavy atom. The molecule has 0 aliphatic heterocycles. The lowest BCUT2D eigenvalue weighted by atomic mass is 10.2. The van der Waals surface area contributed by atoms with Crippen LogP contribution in [0.1, 0.15) is 17.0 Å². The fourth-order valence-corrected chi connectivity index (χ4v) is 2.16. The van der Waals surface area contributed by atoms with Gasteiger partial charge in [-0.05, 0) is 26.0 Å². The van der Waals surface area contributed by atoms with E-state index in [9.17, 15) is 20.0 Å². The average Bonchev–Trinajstić information content (AvgIpc) is 2.85. The number of hydrogen-bond acceptors (Lipinski definition) is 7. The molecule has 0 spiro atoms. The summed E-state index contributed by atoms with van der Waals surface area (Å²) in [4.78, 5) is 21.9. The second kappa shape index (κ2) is 7.43. The van der Waals surface area contributed by atoms with Gasteiger partial charge in [-0.15, -0.1) is 0 Å². The summed E-state index contributed by atoms with van der Waals surface area (Å²) in [7, 11) is 1.23. The van der Waals surface area contributed by atoms with Gasteiger partial charge in [0.15, 0.2) is 0 Å². The van der Waals surface area contributed by atoms with Crippen molar-refractivity contribution in [1.82, 2.24) is 15.2 Å². The molecular formula is C15H16N5O5-. The molecule has 0 atom stereocenters. The van der Waals surface area contributed by atoms with E-state index in [1.807, 2.05) is 19.9 Å². The van der Waals surface area contributed by atoms with Crippen LogP contribution in [0.3, 0.4) is 0 Å². The maximum Gasteiger partial charge on any atom is 0.266 e. The Labute approximate surface area is 142 Å². The van der Waals surface area contributed by atoms with E-state index in [-0.39, 0.29) is 17.9 Å². The van der Waals surface area contributed by atoms with Crippen molar-refractivity contribution < 1.29 is 19.6 Å². The van der Waals surface area contributed by atoms with Crippen LogP contribution in [-0.2, 0) is 11.3 Å². The molecule has 0 unspecified atom stereocenters. The fraction of sp³-hybridized carbons (Fsp3) is 0.267. The fourth-order valence-electron chi connectivity index (χ4n) is 2.16. The number of carbonyl (C=O) groups is 1. The number of hydrogen-bond donors (Lipinski definition) is 1. The molecule has 10 nitrogen and oxygen atoms in total. The molecule has 0 saturated heterocycles. The SMILES string of the molecule is COc1cc(/C=N\NC(=O)Cn2nc(C)cc2C)cc([N+](=O)[O-])c1[O-]. The van der Waals surface area contributed by atoms with E-state index >= 15 is 0 Å². The zero-order valence-corrected chi connectivity index (χ0v) is 13.8. The minimum Gasteiger partial charge on any atom is -0.865 e. The van der Waals surface area contributed by atoms with E-state index in [1.54, 1.807) is 0 Å². The Kier molecular flexibility index (Phi) is 5.32. The third-order valence-electron chi connectivity index (χ3n) is 3.27. The van der Waals surface area contributed by atoms with Crippen LogP contribution in [0.15, 0.2) is 23.3 Å². The minimum absolute atomic E-state index is 0.0139. The highest BCUT2D eigenvalue weighted by Crippen LogP contribution is 2.33. The van der Waals surface area contributed by atoms with Gasteiger partial charge in [0.25, 0.3) is 11.6 Å². The van der Waals surface area contributed by atoms with Gasteiger partial charge in [0, 0.05) is 23.1 Å². The summed E-state index contributed by atoms with van der Waals surface area (Å²) >= 11 is 0. The Morgan fingerprint density at radius 2 is 2.16 bits per heavy atom. The highest BCUT2D eigenvalue weighted by Gasteiger charge is 2.13. The lowest BCUT2D eigenvalue weighted by Gasteiger charge is -2.12. The Bertz CT molecular complexity index is 843. The minimum atomic E-state index is -0.821. The molecule has 0 aliphatic carbocycles. The number of hydrazone groups is 1. The van der Waals surface area contributed by atoms with E-state index in [1.165, 1.54) is 24.1 Å². The average molecular weight is 346 g/mol. The van der Waals surface area contributed by atoms with Crippen molar-refractivity contribution in [2.75, 3.05) is 7.11 Å². The number of nitrogens with one attached hydrogen (secondary N) is 1. The van der Waals surface area contributed by atoms with Crippen LogP contribution < -0.4 is 15.3 Å². The molecular weight excluding hydrogens is 330 g/mol. The van der Waals surface area contributed by atoms with E-state index < -0.39 is 22.3 Å². The number of amides is 1. The number of aryl methyl sites for hydroxylation is 2. The van der Waals surface area contributed by atoms with Crippen molar-refractivity contribution in [3.63, 3.8) is 0 Å². The van der Waals surface area contributed by atoms with Gasteiger partial charge in [-0.2, -0.15) is 10.2 Å². The van der Waals surface area contributed by atoms with Crippen LogP contribution in [0.5, 0.6) is 11.5 Å². The van der Waals surface area contributed by atoms with E-state index in [2.05, 4.69) is 15.6 Å². The molecule has 1 N–H and O–H groups in total. The topological polar surface area (TPSA) is 135 Å². The van der Waals surface area contributed by atoms with E-state index in [0.717, 1.165) is 17.5 Å². The van der Waals surface area contributed by atoms with Crippen molar-refractivity contribution >= 4 is 17.8 Å². The number of nitrogens with zero attached hydrogens (tertiary/aromatic N) is 4. The van der Waals surface area contributed by atoms with Crippen molar-refractivity contribution in [1.29, 1.82) is 0 Å². The van der Waals surface area contributed by atoms with Crippen LogP contribution in [0, 0.1) is 24.0 Å². The van der Waals surface area contributed by atoms with Crippen LogP contribution in [-0.4, -0.2) is 33.9 Å². The summed E-state index contributed by atoms with van der Waals surface area (Å²) in [5, 5.41) is 30.5. The summed E-state index contributed by atoms with van der Waals surface area (Å²) in [5.41, 5.74) is 3.55. The van der Waals surface area contributed by atoms with Gasteiger partial charge in [-0.1, -0.05) is 0 Å². The monoisotopic (exact) mass is 346 g/mol. The molecule has 1 aromatic carbocycles. The first-order chi connectivity index (χ1) is 11.8. The van der Waals surface area contributed by atoms with Gasteiger partial charge in [-0.3, -0.25) is 19.6 Å². The normalized spacial score (nSPS) is 10.8. The quantitative estimate of drug-likeness (QED) is 0.463. The van der Waals surface area contributed by atoms with Gasteiger partial charge in [0.2, 0.25) is 0 Å². The number of methoxy groups -OCH3 is 1. The number of nitro benzene ring substituents is 1. The van der Waals surface area contributed by atoms with Gasteiger partial charge < -0.3 is 9.84 Å². The molecule has 1 amide bonds. The second-order valence-corrected chi connectivity index (χ2v) is 5.21. The van der Waals surface area contributed by atoms with Crippen molar-refractivity contribution in [2.24, 2.45) is 5.10 Å². The van der Waals surface area contributed by atoms with Gasteiger partial charge in [0.1, 0.15) is 12.3 Å². The summed E-state index contributed by atoms with van der Waals surface area (Å²) in [6.45, 7) is 3.63. The third-order valence-corrected chi connectivity index (χ3v) is 3.27. The van der Waals surface area contributed by atoms with Crippen LogP contribution in [0.25, 0.3) is 0 Å². The lowest BCUT2D eigenvalue weighted by molar-refractivity contribution is -0.398. The number of carbonyl (C=O) groups excluding carboxylic acids is 1. The highest BCUT2D eigenvalue weighted by molar-refractivity contribution is 5.84. The Balaban J connectivity index is 2.08. The highest BCUT2D eigenvalue weighted by atomic mass is 16.6. The summed E-state index contributed by atoms with van der Waals surface area (Å²) in [6.07, 6.45) is 1.19. The molecule has 0 fully saturated rings. The molecule has 25 heavy (non-hydrogen) atoms. The standard InChI is InChI=1S/C15H17N5O5/c1-9-4-10(2)19(18-9)8-14(21)17-16-7-11-5-12(20(23)24)15(22)13(6-11)25-3/h4-7,22H,8H2,1-3H3,(H,17,21)/p-1/b16-7-. The molecule has 1 aromatic heterocycles. The molecule has 2 aromatic rings. The lowest BCUT2D eigenvalue weighted by Crippen LogP contribution is -2.24. The predicted octanol–water partition coefficient (Wildman–Crippen LogP) is 0.641. The van der Waals surface area contributed by atoms with E-state index in [0.29, 0.717) is 0 Å². The zero-order chi connectivity index (χ0) is 18.6. The molecule has 0 aliphatic rings. The van der Waals surface area contributed by atoms with Crippen LogP contribution in [0.4, 0.5) is 5.69 Å². The smallest absolute Gasteiger partial charge is 0.266 e. The number of nitro groups is 1. The Morgan fingerprint density at radius 3 is 2.72 bits per heavy atom. The first kappa shape index (κ1) is 17.9. The van der Waals surface area contributed by atoms with Gasteiger partial charge in [-0.25, -0.2) is 5.43 Å². The molecule has 2 rings (SSSR count). The number of rotatable bonds is 6. The third kappa shape index (κ3) is 4.31. The van der Waals surface area contributed by atoms with Gasteiger partial charge in [0.05, 0.1) is 23.9 Å². The van der Waals surface area contributed by atoms with Crippen molar-refractivity contribution in [3.8, 4) is 11.5 Å². The molecule has 0 bridgehead atoms. The predicted molar refractivity (Wildman–Crippen MR) is 86.5 cm³/mol. The van der Waals surface area contributed by atoms with Gasteiger partial charge >= 0.3 is 0 Å². The molecule has 0 saturated carbocycles. The van der Waals surface area contributed by atoms with Crippen molar-refractivity contribution in [3.05, 3.63) is 45.3 Å². The number of ether oxygens (including phenoxy) is 1. The molecule has 10 heteroatoms. The largest absolute Gasteiger partial charge is 0.865 e. The number of benzene rings is 1. The zero-order valence-electron chi connectivity index (χ0n) is 13.8. The first-order valence-corrected chi connectivity index (χ1v) is 7.18. The Hall–Kier alpha value is -3.43. The summed E-state index contributed by atoms with van der Waals surface area (Å²) < 4.78 is 6.35. The number of aromatic nitrogens is 2. The van der Waals surface area contributed by atoms with Crippen LogP contribution >= 0.6 is 0 Å². The molecule has 132 valence electrons. The molecule has 1 heterocycles. The molecule has 0 radical (unpaired) electrons. The summed E-state index contributed by atoms with van der Waals surface area (Å²) in [5.74, 6) is -1.41. The van der Waals surface area contributed by atoms with Crippen molar-refractivity contribution in [2.45, 2.75) is 20.4 Å². The summed E-state index contributed by atoms with van der Waals surface area (Å²) in [6, 6.07) is 4.19. The first-order valence-electron chi connectivity index (χ1n) is 7.18. The maximum absolute atomic E-state index is 11.8. The maximum atomic E-state index is 11.8. The van der Waals surface area contributed by atoms with E-state index in [4.69, 9.17) is 4.74 Å². The van der Waals surface area contributed by atoms with Crippen LogP contribution in [0.2, 0.25) is 0 Å².